The third kappa shape index (κ3) is 4.47. The lowest BCUT2D eigenvalue weighted by Gasteiger charge is -2.28. The van der Waals surface area contributed by atoms with Crippen LogP contribution in [-0.4, -0.2) is 33.8 Å². The Morgan fingerprint density at radius 1 is 1.47 bits per heavy atom. The molecule has 1 heterocycles. The zero-order valence-electron chi connectivity index (χ0n) is 11.8. The van der Waals surface area contributed by atoms with Crippen molar-refractivity contribution in [2.75, 3.05) is 13.1 Å². The van der Waals surface area contributed by atoms with Gasteiger partial charge in [0.2, 0.25) is 5.91 Å². The van der Waals surface area contributed by atoms with E-state index < -0.39 is 5.41 Å². The number of nitrogens with zero attached hydrogens (tertiary/aromatic N) is 3. The molecule has 0 spiro atoms. The summed E-state index contributed by atoms with van der Waals surface area (Å²) in [6, 6.07) is 0. The number of nitrogens with two attached hydrogens (primary N) is 1. The molecule has 0 saturated heterocycles. The molecule has 1 rings (SSSR count). The first kappa shape index (κ1) is 17.9. The largest absolute Gasteiger partial charge is 0.355 e. The fourth-order valence-electron chi connectivity index (χ4n) is 1.93. The van der Waals surface area contributed by atoms with Gasteiger partial charge in [0.05, 0.1) is 5.41 Å². The minimum Gasteiger partial charge on any atom is -0.355 e. The van der Waals surface area contributed by atoms with Gasteiger partial charge in [-0.1, -0.05) is 13.8 Å². The van der Waals surface area contributed by atoms with Gasteiger partial charge in [-0.2, -0.15) is 5.10 Å². The number of halogens is 1. The van der Waals surface area contributed by atoms with Gasteiger partial charge in [0, 0.05) is 26.6 Å². The molecule has 0 bridgehead atoms. The highest BCUT2D eigenvalue weighted by Gasteiger charge is 2.32. The van der Waals surface area contributed by atoms with Gasteiger partial charge in [0.25, 0.3) is 0 Å². The number of aryl methyl sites for hydroxylation is 1. The number of hydrogen-bond donors (Lipinski definition) is 2. The predicted molar refractivity (Wildman–Crippen MR) is 77.0 cm³/mol. The molecule has 0 aliphatic rings. The van der Waals surface area contributed by atoms with E-state index in [1.54, 1.807) is 11.0 Å². The fraction of sp³-hybridized carbons (Fsp3) is 0.750. The zero-order chi connectivity index (χ0) is 13.6. The van der Waals surface area contributed by atoms with Gasteiger partial charge in [0.1, 0.15) is 6.33 Å². The molecule has 0 fully saturated rings. The molecular weight excluding hydrogens is 266 g/mol. The first-order valence-corrected chi connectivity index (χ1v) is 6.41. The minimum absolute atomic E-state index is 0. The van der Waals surface area contributed by atoms with E-state index >= 15 is 0 Å². The lowest BCUT2D eigenvalue weighted by atomic mass is 9.81. The van der Waals surface area contributed by atoms with Gasteiger partial charge in [-0.05, 0) is 12.8 Å². The monoisotopic (exact) mass is 289 g/mol. The third-order valence-corrected chi connectivity index (χ3v) is 3.51. The molecule has 0 saturated carbocycles. The molecule has 0 aliphatic carbocycles. The summed E-state index contributed by atoms with van der Waals surface area (Å²) in [5, 5.41) is 7.09. The van der Waals surface area contributed by atoms with E-state index in [2.05, 4.69) is 15.4 Å². The Bertz CT molecular complexity index is 381. The summed E-state index contributed by atoms with van der Waals surface area (Å²) in [5.41, 5.74) is 5.29. The second-order valence-corrected chi connectivity index (χ2v) is 4.53. The van der Waals surface area contributed by atoms with Gasteiger partial charge < -0.3 is 11.1 Å². The van der Waals surface area contributed by atoms with Crippen LogP contribution in [0.4, 0.5) is 0 Å². The van der Waals surface area contributed by atoms with Crippen LogP contribution >= 0.6 is 12.4 Å². The van der Waals surface area contributed by atoms with E-state index in [0.717, 1.165) is 18.7 Å². The quantitative estimate of drug-likeness (QED) is 0.772. The van der Waals surface area contributed by atoms with Crippen molar-refractivity contribution in [3.63, 3.8) is 0 Å². The van der Waals surface area contributed by atoms with Crippen molar-refractivity contribution in [1.29, 1.82) is 0 Å². The third-order valence-electron chi connectivity index (χ3n) is 3.51. The summed E-state index contributed by atoms with van der Waals surface area (Å²) < 4.78 is 1.65. The highest BCUT2D eigenvalue weighted by molar-refractivity contribution is 5.85. The molecule has 1 aromatic rings. The molecule has 6 nitrogen and oxygen atoms in total. The predicted octanol–water partition coefficient (Wildman–Crippen LogP) is 0.661. The molecule has 7 heteroatoms. The topological polar surface area (TPSA) is 85.8 Å². The van der Waals surface area contributed by atoms with Crippen LogP contribution in [0, 0.1) is 5.41 Å². The van der Waals surface area contributed by atoms with Crippen molar-refractivity contribution in [2.24, 2.45) is 18.2 Å². The number of nitrogens with one attached hydrogen (secondary N) is 1. The summed E-state index contributed by atoms with van der Waals surface area (Å²) >= 11 is 0. The van der Waals surface area contributed by atoms with Gasteiger partial charge in [-0.15, -0.1) is 12.4 Å². The standard InChI is InChI=1S/C12H23N5O.ClH/c1-4-12(5-2,8-13)11(18)14-7-6-10-15-9-17(3)16-10;/h9H,4-8,13H2,1-3H3,(H,14,18);1H. The van der Waals surface area contributed by atoms with E-state index in [1.165, 1.54) is 0 Å². The fourth-order valence-corrected chi connectivity index (χ4v) is 1.93. The Morgan fingerprint density at radius 3 is 2.53 bits per heavy atom. The zero-order valence-corrected chi connectivity index (χ0v) is 12.7. The van der Waals surface area contributed by atoms with Crippen LogP contribution in [0.15, 0.2) is 6.33 Å². The van der Waals surface area contributed by atoms with Crippen LogP contribution in [0.2, 0.25) is 0 Å². The summed E-state index contributed by atoms with van der Waals surface area (Å²) in [5.74, 6) is 0.773. The van der Waals surface area contributed by atoms with Crippen molar-refractivity contribution in [3.05, 3.63) is 12.2 Å². The van der Waals surface area contributed by atoms with Crippen LogP contribution in [-0.2, 0) is 18.3 Å². The lowest BCUT2D eigenvalue weighted by Crippen LogP contribution is -2.45. The van der Waals surface area contributed by atoms with Crippen LogP contribution in [0.25, 0.3) is 0 Å². The first-order chi connectivity index (χ1) is 8.57. The number of carbonyl (C=O) groups excluding carboxylic acids is 1. The average molecular weight is 290 g/mol. The Balaban J connectivity index is 0.00000324. The Kier molecular flexibility index (Phi) is 7.63. The summed E-state index contributed by atoms with van der Waals surface area (Å²) in [4.78, 5) is 16.2. The van der Waals surface area contributed by atoms with Crippen LogP contribution in [0.5, 0.6) is 0 Å². The number of hydrogen-bond acceptors (Lipinski definition) is 4. The Labute approximate surface area is 120 Å². The molecule has 3 N–H and O–H groups in total. The summed E-state index contributed by atoms with van der Waals surface area (Å²) in [7, 11) is 1.82. The van der Waals surface area contributed by atoms with E-state index in [0.29, 0.717) is 19.5 Å². The van der Waals surface area contributed by atoms with E-state index in [1.807, 2.05) is 20.9 Å². The van der Waals surface area contributed by atoms with Gasteiger partial charge >= 0.3 is 0 Å². The molecular formula is C12H24ClN5O. The molecule has 0 atom stereocenters. The number of rotatable bonds is 7. The van der Waals surface area contributed by atoms with Crippen LogP contribution in [0.1, 0.15) is 32.5 Å². The van der Waals surface area contributed by atoms with Crippen molar-refractivity contribution >= 4 is 18.3 Å². The van der Waals surface area contributed by atoms with Gasteiger partial charge in [-0.25, -0.2) is 4.98 Å². The summed E-state index contributed by atoms with van der Waals surface area (Å²) in [6.45, 7) is 4.92. The number of aromatic nitrogens is 3. The van der Waals surface area contributed by atoms with Crippen LogP contribution < -0.4 is 11.1 Å². The second-order valence-electron chi connectivity index (χ2n) is 4.53. The minimum atomic E-state index is -0.433. The lowest BCUT2D eigenvalue weighted by molar-refractivity contribution is -0.131. The molecule has 0 radical (unpaired) electrons. The van der Waals surface area contributed by atoms with Gasteiger partial charge in [0.15, 0.2) is 5.82 Å². The molecule has 19 heavy (non-hydrogen) atoms. The number of carbonyl (C=O) groups is 1. The van der Waals surface area contributed by atoms with E-state index in [-0.39, 0.29) is 18.3 Å². The molecule has 0 aliphatic heterocycles. The summed E-state index contributed by atoms with van der Waals surface area (Å²) in [6.07, 6.45) is 3.81. The normalized spacial score (nSPS) is 10.9. The molecule has 1 aromatic heterocycles. The molecule has 110 valence electrons. The number of amides is 1. The van der Waals surface area contributed by atoms with E-state index in [4.69, 9.17) is 5.73 Å². The Hall–Kier alpha value is -1.14. The van der Waals surface area contributed by atoms with Gasteiger partial charge in [-0.3, -0.25) is 9.48 Å². The highest BCUT2D eigenvalue weighted by atomic mass is 35.5. The van der Waals surface area contributed by atoms with E-state index in [9.17, 15) is 4.79 Å². The SMILES string of the molecule is CCC(CC)(CN)C(=O)NCCc1ncn(C)n1.Cl. The highest BCUT2D eigenvalue weighted by Crippen LogP contribution is 2.24. The molecule has 0 aromatic carbocycles. The first-order valence-electron chi connectivity index (χ1n) is 6.41. The maximum atomic E-state index is 12.1. The maximum absolute atomic E-state index is 12.1. The molecule has 1 amide bonds. The van der Waals surface area contributed by atoms with Crippen molar-refractivity contribution in [3.8, 4) is 0 Å². The van der Waals surface area contributed by atoms with Crippen molar-refractivity contribution < 1.29 is 4.79 Å². The maximum Gasteiger partial charge on any atom is 0.227 e. The second kappa shape index (κ2) is 8.12. The van der Waals surface area contributed by atoms with Crippen LogP contribution in [0.3, 0.4) is 0 Å². The van der Waals surface area contributed by atoms with Crippen molar-refractivity contribution in [2.45, 2.75) is 33.1 Å². The average Bonchev–Trinajstić information content (AvgIpc) is 2.78. The van der Waals surface area contributed by atoms with Crippen molar-refractivity contribution in [1.82, 2.24) is 20.1 Å². The Morgan fingerprint density at radius 2 is 2.11 bits per heavy atom. The molecule has 0 unspecified atom stereocenters. The smallest absolute Gasteiger partial charge is 0.227 e.